The van der Waals surface area contributed by atoms with E-state index in [1.54, 1.807) is 19.2 Å². The number of aliphatic hydroxyl groups is 1. The summed E-state index contributed by atoms with van der Waals surface area (Å²) in [6.45, 7) is 1.69. The van der Waals surface area contributed by atoms with Crippen molar-refractivity contribution in [1.82, 2.24) is 4.98 Å². The molecule has 0 saturated heterocycles. The van der Waals surface area contributed by atoms with E-state index < -0.39 is 6.10 Å². The maximum Gasteiger partial charge on any atom is 0.0931 e. The molecule has 0 saturated carbocycles. The minimum atomic E-state index is -0.479. The van der Waals surface area contributed by atoms with E-state index in [9.17, 15) is 0 Å². The van der Waals surface area contributed by atoms with E-state index in [2.05, 4.69) is 20.9 Å². The first kappa shape index (κ1) is 7.69. The Morgan fingerprint density at radius 2 is 2.30 bits per heavy atom. The molecule has 0 fully saturated rings. The summed E-state index contributed by atoms with van der Waals surface area (Å²) in [4.78, 5) is 3.98. The van der Waals surface area contributed by atoms with Crippen LogP contribution in [-0.2, 0) is 0 Å². The molecule has 1 aromatic rings. The Morgan fingerprint density at radius 1 is 1.60 bits per heavy atom. The summed E-state index contributed by atoms with van der Waals surface area (Å²) >= 11 is 3.25. The molecule has 0 spiro atoms. The average Bonchev–Trinajstić information content (AvgIpc) is 1.88. The molecule has 1 unspecified atom stereocenters. The molecule has 10 heavy (non-hydrogen) atoms. The number of nitrogens with zero attached hydrogens (tertiary/aromatic N) is 1. The second-order valence-electron chi connectivity index (χ2n) is 2.08. The Kier molecular flexibility index (Phi) is 2.40. The predicted octanol–water partition coefficient (Wildman–Crippen LogP) is 1.90. The van der Waals surface area contributed by atoms with Gasteiger partial charge >= 0.3 is 0 Å². The second-order valence-corrected chi connectivity index (χ2v) is 2.99. The van der Waals surface area contributed by atoms with Gasteiger partial charge in [0.05, 0.1) is 11.8 Å². The lowest BCUT2D eigenvalue weighted by Gasteiger charge is -2.01. The first-order chi connectivity index (χ1) is 4.70. The molecule has 1 atom stereocenters. The number of hydrogen-bond donors (Lipinski definition) is 1. The largest absolute Gasteiger partial charge is 0.387 e. The van der Waals surface area contributed by atoms with Gasteiger partial charge in [-0.15, -0.1) is 0 Å². The Labute approximate surface area is 68.0 Å². The normalized spacial score (nSPS) is 13.1. The van der Waals surface area contributed by atoms with Gasteiger partial charge in [0.2, 0.25) is 0 Å². The van der Waals surface area contributed by atoms with Crippen LogP contribution in [0, 0.1) is 0 Å². The molecule has 54 valence electrons. The van der Waals surface area contributed by atoms with Crippen molar-refractivity contribution in [3.63, 3.8) is 0 Å². The number of pyridine rings is 1. The van der Waals surface area contributed by atoms with E-state index in [0.717, 1.165) is 4.47 Å². The van der Waals surface area contributed by atoms with Crippen LogP contribution in [0.1, 0.15) is 18.7 Å². The minimum absolute atomic E-state index is 0.479. The highest BCUT2D eigenvalue weighted by molar-refractivity contribution is 9.10. The molecule has 3 heteroatoms. The van der Waals surface area contributed by atoms with Crippen molar-refractivity contribution in [3.05, 3.63) is 28.5 Å². The smallest absolute Gasteiger partial charge is 0.0931 e. The molecule has 0 aliphatic rings. The highest BCUT2D eigenvalue weighted by Gasteiger charge is 1.99. The summed E-state index contributed by atoms with van der Waals surface area (Å²) in [7, 11) is 0. The van der Waals surface area contributed by atoms with Crippen molar-refractivity contribution in [3.8, 4) is 0 Å². The van der Waals surface area contributed by atoms with Crippen molar-refractivity contribution in [2.24, 2.45) is 0 Å². The molecule has 2 nitrogen and oxygen atoms in total. The third-order valence-electron chi connectivity index (χ3n) is 1.18. The van der Waals surface area contributed by atoms with Crippen LogP contribution in [0.3, 0.4) is 0 Å². The van der Waals surface area contributed by atoms with Crippen molar-refractivity contribution in [1.29, 1.82) is 0 Å². The van der Waals surface area contributed by atoms with Crippen molar-refractivity contribution in [2.45, 2.75) is 13.0 Å². The van der Waals surface area contributed by atoms with Gasteiger partial charge in [0.15, 0.2) is 0 Å². The average molecular weight is 204 g/mol. The van der Waals surface area contributed by atoms with Crippen LogP contribution in [0.15, 0.2) is 22.8 Å². The van der Waals surface area contributed by atoms with Gasteiger partial charge in [0.25, 0.3) is 0 Å². The number of aromatic nitrogens is 1. The SMILES string of the molecule is C[14CH](O)c1ccc(Br)cn1. The van der Waals surface area contributed by atoms with Crippen LogP contribution in [-0.4, -0.2) is 10.1 Å². The van der Waals surface area contributed by atoms with Crippen molar-refractivity contribution < 1.29 is 5.11 Å². The van der Waals surface area contributed by atoms with E-state index in [1.807, 2.05) is 6.07 Å². The fourth-order valence-electron chi connectivity index (χ4n) is 0.634. The molecule has 0 aromatic carbocycles. The van der Waals surface area contributed by atoms with Gasteiger partial charge in [-0.1, -0.05) is 0 Å². The summed E-state index contributed by atoms with van der Waals surface area (Å²) in [5, 5.41) is 9.04. The third kappa shape index (κ3) is 1.78. The maximum absolute atomic E-state index is 9.04. The van der Waals surface area contributed by atoms with Gasteiger partial charge in [0.1, 0.15) is 0 Å². The Bertz CT molecular complexity index is 207. The van der Waals surface area contributed by atoms with E-state index >= 15 is 0 Å². The van der Waals surface area contributed by atoms with Gasteiger partial charge in [0, 0.05) is 10.7 Å². The van der Waals surface area contributed by atoms with E-state index in [0.29, 0.717) is 5.69 Å². The molecule has 0 amide bonds. The van der Waals surface area contributed by atoms with Gasteiger partial charge in [-0.05, 0) is 35.0 Å². The zero-order valence-corrected chi connectivity index (χ0v) is 7.17. The van der Waals surface area contributed by atoms with Gasteiger partial charge in [-0.3, -0.25) is 4.98 Å². The molecule has 1 rings (SSSR count). The topological polar surface area (TPSA) is 33.1 Å². The van der Waals surface area contributed by atoms with Gasteiger partial charge in [-0.25, -0.2) is 0 Å². The number of aliphatic hydroxyl groups excluding tert-OH is 1. The van der Waals surface area contributed by atoms with Crippen molar-refractivity contribution >= 4 is 15.9 Å². The summed E-state index contributed by atoms with van der Waals surface area (Å²) in [5.74, 6) is 0. The number of hydrogen-bond acceptors (Lipinski definition) is 2. The van der Waals surface area contributed by atoms with Crippen LogP contribution in [0.2, 0.25) is 0 Å². The Morgan fingerprint density at radius 3 is 2.70 bits per heavy atom. The molecule has 0 bridgehead atoms. The molecule has 1 aromatic heterocycles. The monoisotopic (exact) mass is 203 g/mol. The lowest BCUT2D eigenvalue weighted by molar-refractivity contribution is 0.194. The molecular formula is C7H8BrNO. The number of halogens is 1. The van der Waals surface area contributed by atoms with Crippen molar-refractivity contribution in [2.75, 3.05) is 0 Å². The Balaban J connectivity index is 2.89. The lowest BCUT2D eigenvalue weighted by atomic mass is 10.5. The first-order valence-electron chi connectivity index (χ1n) is 2.99. The van der Waals surface area contributed by atoms with Gasteiger partial charge < -0.3 is 5.11 Å². The summed E-state index contributed by atoms with van der Waals surface area (Å²) in [6, 6.07) is 3.64. The predicted molar refractivity (Wildman–Crippen MR) is 42.6 cm³/mol. The molecule has 1 heterocycles. The standard InChI is InChI=1S/C7H8BrNO/c1-5(10)7-3-2-6(8)4-9-7/h2-5,10H,1H3/i5+2. The molecule has 0 aliphatic heterocycles. The fourth-order valence-corrected chi connectivity index (χ4v) is 0.869. The second kappa shape index (κ2) is 3.12. The summed E-state index contributed by atoms with van der Waals surface area (Å²) < 4.78 is 0.928. The maximum atomic E-state index is 9.04. The molecule has 0 radical (unpaired) electrons. The highest BCUT2D eigenvalue weighted by Crippen LogP contribution is 2.12. The zero-order valence-electron chi connectivity index (χ0n) is 5.58. The van der Waals surface area contributed by atoms with E-state index in [4.69, 9.17) is 5.11 Å². The van der Waals surface area contributed by atoms with Crippen LogP contribution >= 0.6 is 15.9 Å². The Hall–Kier alpha value is -0.410. The number of rotatable bonds is 1. The zero-order chi connectivity index (χ0) is 7.56. The molecular weight excluding hydrogens is 196 g/mol. The highest BCUT2D eigenvalue weighted by atomic mass is 79.9. The quantitative estimate of drug-likeness (QED) is 0.757. The van der Waals surface area contributed by atoms with Crippen LogP contribution in [0.25, 0.3) is 0 Å². The van der Waals surface area contributed by atoms with Crippen LogP contribution in [0.4, 0.5) is 0 Å². The molecule has 0 aliphatic carbocycles. The summed E-state index contributed by atoms with van der Waals surface area (Å²) in [5.41, 5.74) is 0.697. The fraction of sp³-hybridized carbons (Fsp3) is 0.286. The minimum Gasteiger partial charge on any atom is -0.387 e. The van der Waals surface area contributed by atoms with Gasteiger partial charge in [-0.2, -0.15) is 0 Å². The summed E-state index contributed by atoms with van der Waals surface area (Å²) in [6.07, 6.45) is 1.19. The lowest BCUT2D eigenvalue weighted by Crippen LogP contribution is -1.93. The van der Waals surface area contributed by atoms with E-state index in [1.165, 1.54) is 0 Å². The van der Waals surface area contributed by atoms with Crippen LogP contribution in [0.5, 0.6) is 0 Å². The molecule has 1 N–H and O–H groups in total. The van der Waals surface area contributed by atoms with Crippen LogP contribution < -0.4 is 0 Å². The van der Waals surface area contributed by atoms with E-state index in [-0.39, 0.29) is 0 Å². The first-order valence-corrected chi connectivity index (χ1v) is 3.79. The third-order valence-corrected chi connectivity index (χ3v) is 1.65.